The lowest BCUT2D eigenvalue weighted by Gasteiger charge is -2.09. The second-order valence-electron chi connectivity index (χ2n) is 7.06. The number of nitrogens with two attached hydrogens (primary N) is 1. The molecule has 0 saturated heterocycles. The lowest BCUT2D eigenvalue weighted by Crippen LogP contribution is -2.34. The molecule has 0 unspecified atom stereocenters. The highest BCUT2D eigenvalue weighted by molar-refractivity contribution is 5.98. The van der Waals surface area contributed by atoms with E-state index in [0.29, 0.717) is 23.2 Å². The SMILES string of the molecule is NC(=O)Nc1cccc(C(=O)N[C@H]2C[C@@H]2NC(=O)c2cccc(-c3ccoc3)c2)c1. The van der Waals surface area contributed by atoms with Crippen LogP contribution in [0, 0.1) is 0 Å². The quantitative estimate of drug-likeness (QED) is 0.504. The van der Waals surface area contributed by atoms with Crippen LogP contribution in [0.4, 0.5) is 10.5 Å². The van der Waals surface area contributed by atoms with Gasteiger partial charge in [-0.15, -0.1) is 0 Å². The van der Waals surface area contributed by atoms with Crippen molar-refractivity contribution in [2.45, 2.75) is 18.5 Å². The van der Waals surface area contributed by atoms with Crippen LogP contribution in [0.2, 0.25) is 0 Å². The molecule has 1 heterocycles. The van der Waals surface area contributed by atoms with E-state index >= 15 is 0 Å². The minimum Gasteiger partial charge on any atom is -0.472 e. The van der Waals surface area contributed by atoms with E-state index < -0.39 is 6.03 Å². The minimum atomic E-state index is -0.700. The van der Waals surface area contributed by atoms with E-state index in [1.807, 2.05) is 18.2 Å². The number of nitrogens with one attached hydrogen (secondary N) is 3. The Hall–Kier alpha value is -4.07. The summed E-state index contributed by atoms with van der Waals surface area (Å²) in [6.45, 7) is 0. The smallest absolute Gasteiger partial charge is 0.316 e. The zero-order valence-corrected chi connectivity index (χ0v) is 15.9. The van der Waals surface area contributed by atoms with E-state index in [1.54, 1.807) is 42.9 Å². The molecule has 0 spiro atoms. The molecule has 1 saturated carbocycles. The number of carbonyl (C=O) groups excluding carboxylic acids is 3. The Bertz CT molecular complexity index is 1090. The van der Waals surface area contributed by atoms with Crippen molar-refractivity contribution in [2.24, 2.45) is 5.73 Å². The van der Waals surface area contributed by atoms with Gasteiger partial charge in [0.15, 0.2) is 0 Å². The summed E-state index contributed by atoms with van der Waals surface area (Å²) >= 11 is 0. The lowest BCUT2D eigenvalue weighted by atomic mass is 10.1. The molecular weight excluding hydrogens is 384 g/mol. The van der Waals surface area contributed by atoms with Crippen molar-refractivity contribution in [1.29, 1.82) is 0 Å². The van der Waals surface area contributed by atoms with Gasteiger partial charge in [0.25, 0.3) is 11.8 Å². The van der Waals surface area contributed by atoms with Crippen LogP contribution in [0.15, 0.2) is 71.5 Å². The molecule has 152 valence electrons. The topological polar surface area (TPSA) is 126 Å². The molecule has 0 radical (unpaired) electrons. The maximum Gasteiger partial charge on any atom is 0.316 e. The average molecular weight is 404 g/mol. The fraction of sp³-hybridized carbons (Fsp3) is 0.136. The number of amides is 4. The summed E-state index contributed by atoms with van der Waals surface area (Å²) in [5.41, 5.74) is 8.25. The number of carbonyl (C=O) groups is 3. The summed E-state index contributed by atoms with van der Waals surface area (Å²) in [5.74, 6) is -0.485. The van der Waals surface area contributed by atoms with Gasteiger partial charge in [-0.05, 0) is 48.4 Å². The summed E-state index contributed by atoms with van der Waals surface area (Å²) in [5, 5.41) is 8.25. The average Bonchev–Trinajstić information content (AvgIpc) is 3.22. The van der Waals surface area contributed by atoms with Gasteiger partial charge in [0.1, 0.15) is 0 Å². The summed E-state index contributed by atoms with van der Waals surface area (Å²) in [4.78, 5) is 36.0. The Balaban J connectivity index is 1.33. The van der Waals surface area contributed by atoms with E-state index in [9.17, 15) is 14.4 Å². The van der Waals surface area contributed by atoms with Crippen LogP contribution in [0.3, 0.4) is 0 Å². The summed E-state index contributed by atoms with van der Waals surface area (Å²) in [6, 6.07) is 14.6. The monoisotopic (exact) mass is 404 g/mol. The van der Waals surface area contributed by atoms with Crippen LogP contribution in [-0.4, -0.2) is 29.9 Å². The normalized spacial score (nSPS) is 17.1. The zero-order valence-electron chi connectivity index (χ0n) is 15.9. The largest absolute Gasteiger partial charge is 0.472 e. The molecule has 1 aliphatic carbocycles. The highest BCUT2D eigenvalue weighted by atomic mass is 16.3. The molecule has 0 aliphatic heterocycles. The molecule has 8 heteroatoms. The van der Waals surface area contributed by atoms with E-state index in [4.69, 9.17) is 10.2 Å². The van der Waals surface area contributed by atoms with E-state index in [0.717, 1.165) is 11.1 Å². The van der Waals surface area contributed by atoms with Gasteiger partial charge in [-0.25, -0.2) is 4.79 Å². The van der Waals surface area contributed by atoms with E-state index in [-0.39, 0.29) is 23.9 Å². The van der Waals surface area contributed by atoms with Crippen molar-refractivity contribution in [3.63, 3.8) is 0 Å². The Morgan fingerprint density at radius 1 is 0.867 bits per heavy atom. The van der Waals surface area contributed by atoms with Gasteiger partial charge >= 0.3 is 6.03 Å². The highest BCUT2D eigenvalue weighted by Crippen LogP contribution is 2.24. The molecule has 5 N–H and O–H groups in total. The fourth-order valence-corrected chi connectivity index (χ4v) is 3.17. The van der Waals surface area contributed by atoms with Crippen LogP contribution in [0.25, 0.3) is 11.1 Å². The Morgan fingerprint density at radius 2 is 1.53 bits per heavy atom. The van der Waals surface area contributed by atoms with Gasteiger partial charge in [0.05, 0.1) is 24.6 Å². The van der Waals surface area contributed by atoms with Crippen molar-refractivity contribution in [3.05, 3.63) is 78.3 Å². The van der Waals surface area contributed by atoms with E-state index in [2.05, 4.69) is 16.0 Å². The lowest BCUT2D eigenvalue weighted by molar-refractivity contribution is 0.0926. The van der Waals surface area contributed by atoms with E-state index in [1.165, 1.54) is 6.07 Å². The van der Waals surface area contributed by atoms with Crippen LogP contribution in [0.1, 0.15) is 27.1 Å². The number of hydrogen-bond donors (Lipinski definition) is 4. The number of hydrogen-bond acceptors (Lipinski definition) is 4. The first-order valence-electron chi connectivity index (χ1n) is 9.40. The molecule has 1 fully saturated rings. The van der Waals surface area contributed by atoms with Gasteiger partial charge in [0.2, 0.25) is 0 Å². The van der Waals surface area contributed by atoms with Gasteiger partial charge in [-0.2, -0.15) is 0 Å². The number of benzene rings is 2. The summed E-state index contributed by atoms with van der Waals surface area (Å²) < 4.78 is 5.09. The van der Waals surface area contributed by atoms with Crippen LogP contribution >= 0.6 is 0 Å². The minimum absolute atomic E-state index is 0.133. The number of furan rings is 1. The first-order chi connectivity index (χ1) is 14.5. The summed E-state index contributed by atoms with van der Waals surface area (Å²) in [7, 11) is 0. The highest BCUT2D eigenvalue weighted by Gasteiger charge is 2.39. The molecule has 4 amide bonds. The third kappa shape index (κ3) is 4.49. The third-order valence-electron chi connectivity index (χ3n) is 4.79. The molecule has 30 heavy (non-hydrogen) atoms. The predicted molar refractivity (Wildman–Crippen MR) is 111 cm³/mol. The molecular formula is C22H20N4O4. The maximum absolute atomic E-state index is 12.6. The van der Waals surface area contributed by atoms with Gasteiger partial charge in [0, 0.05) is 22.4 Å². The molecule has 4 rings (SSSR count). The maximum atomic E-state index is 12.6. The second kappa shape index (κ2) is 8.12. The number of urea groups is 1. The van der Waals surface area contributed by atoms with Crippen molar-refractivity contribution in [1.82, 2.24) is 10.6 Å². The van der Waals surface area contributed by atoms with Crippen LogP contribution < -0.4 is 21.7 Å². The van der Waals surface area contributed by atoms with Gasteiger partial charge in [-0.1, -0.05) is 18.2 Å². The standard InChI is InChI=1S/C22H20N4O4/c23-22(29)24-17-6-2-5-15(10-17)21(28)26-19-11-18(19)25-20(27)14-4-1-3-13(9-14)16-7-8-30-12-16/h1-10,12,18-19H,11H2,(H,25,27)(H,26,28)(H3,23,24,29)/t18-,19-/m0/s1. The van der Waals surface area contributed by atoms with Crippen molar-refractivity contribution in [3.8, 4) is 11.1 Å². The van der Waals surface area contributed by atoms with Gasteiger partial charge < -0.3 is 26.1 Å². The first-order valence-corrected chi connectivity index (χ1v) is 9.40. The fourth-order valence-electron chi connectivity index (χ4n) is 3.17. The van der Waals surface area contributed by atoms with Crippen LogP contribution in [-0.2, 0) is 0 Å². The van der Waals surface area contributed by atoms with Crippen molar-refractivity contribution in [2.75, 3.05) is 5.32 Å². The Labute approximate surface area is 172 Å². The Kier molecular flexibility index (Phi) is 5.21. The predicted octanol–water partition coefficient (Wildman–Crippen LogP) is 2.74. The van der Waals surface area contributed by atoms with Gasteiger partial charge in [-0.3, -0.25) is 9.59 Å². The molecule has 2 aromatic carbocycles. The molecule has 1 aromatic heterocycles. The molecule has 3 aromatic rings. The molecule has 8 nitrogen and oxygen atoms in total. The number of primary amides is 1. The first kappa shape index (κ1) is 19.3. The second-order valence-corrected chi connectivity index (χ2v) is 7.06. The van der Waals surface area contributed by atoms with Crippen molar-refractivity contribution >= 4 is 23.5 Å². The summed E-state index contributed by atoms with van der Waals surface area (Å²) in [6.07, 6.45) is 3.86. The molecule has 1 aliphatic rings. The molecule has 2 atom stereocenters. The Morgan fingerprint density at radius 3 is 2.17 bits per heavy atom. The zero-order chi connectivity index (χ0) is 21.1. The van der Waals surface area contributed by atoms with Crippen molar-refractivity contribution < 1.29 is 18.8 Å². The molecule has 0 bridgehead atoms. The van der Waals surface area contributed by atoms with Crippen LogP contribution in [0.5, 0.6) is 0 Å². The number of anilines is 1. The number of rotatable bonds is 6. The third-order valence-corrected chi connectivity index (χ3v) is 4.79.